The molecular weight excluding hydrogens is 486 g/mol. The molecule has 1 aliphatic rings. The van der Waals surface area contributed by atoms with Gasteiger partial charge >= 0.3 is 6.18 Å². The number of rotatable bonds is 8. The average Bonchev–Trinajstić information content (AvgIpc) is 3.10. The lowest BCUT2D eigenvalue weighted by molar-refractivity contribution is -0.137. The van der Waals surface area contributed by atoms with Gasteiger partial charge in [0.1, 0.15) is 0 Å². The van der Waals surface area contributed by atoms with Gasteiger partial charge in [-0.05, 0) is 31.0 Å². The van der Waals surface area contributed by atoms with Crippen LogP contribution >= 0.6 is 24.0 Å². The molecule has 0 saturated carbocycles. The highest BCUT2D eigenvalue weighted by molar-refractivity contribution is 14.0. The lowest BCUT2D eigenvalue weighted by Crippen LogP contribution is -2.40. The SMILES string of the molecule is CCNC(=NCc1cccc(C(F)(F)F)c1)N1CCC(COCCOC)C1.I. The van der Waals surface area contributed by atoms with Crippen LogP contribution in [0.25, 0.3) is 0 Å². The Kier molecular flexibility index (Phi) is 11.1. The van der Waals surface area contributed by atoms with Gasteiger partial charge < -0.3 is 19.7 Å². The monoisotopic (exact) mass is 515 g/mol. The van der Waals surface area contributed by atoms with Crippen LogP contribution in [0.5, 0.6) is 0 Å². The fourth-order valence-corrected chi connectivity index (χ4v) is 2.99. The van der Waals surface area contributed by atoms with Gasteiger partial charge in [0, 0.05) is 32.7 Å². The molecule has 2 rings (SSSR count). The number of methoxy groups -OCH3 is 1. The summed E-state index contributed by atoms with van der Waals surface area (Å²) in [6.07, 6.45) is -3.34. The first kappa shape index (κ1) is 25.0. The summed E-state index contributed by atoms with van der Waals surface area (Å²) in [7, 11) is 1.64. The number of nitrogens with zero attached hydrogens (tertiary/aromatic N) is 2. The van der Waals surface area contributed by atoms with Gasteiger partial charge in [-0.25, -0.2) is 4.99 Å². The van der Waals surface area contributed by atoms with E-state index in [-0.39, 0.29) is 30.5 Å². The standard InChI is InChI=1S/C19H28F3N3O2.HI/c1-3-23-18(25-8-7-16(13-25)14-27-10-9-26-2)24-12-15-5-4-6-17(11-15)19(20,21)22;/h4-6,11,16H,3,7-10,12-14H2,1-2H3,(H,23,24);1H. The van der Waals surface area contributed by atoms with Crippen molar-refractivity contribution < 1.29 is 22.6 Å². The molecule has 0 bridgehead atoms. The van der Waals surface area contributed by atoms with Crippen LogP contribution in [0.15, 0.2) is 29.3 Å². The fourth-order valence-electron chi connectivity index (χ4n) is 2.99. The smallest absolute Gasteiger partial charge is 0.382 e. The van der Waals surface area contributed by atoms with Crippen molar-refractivity contribution in [2.45, 2.75) is 26.1 Å². The van der Waals surface area contributed by atoms with E-state index in [0.717, 1.165) is 37.6 Å². The molecule has 0 aromatic heterocycles. The van der Waals surface area contributed by atoms with Gasteiger partial charge in [-0.3, -0.25) is 0 Å². The highest BCUT2D eigenvalue weighted by Crippen LogP contribution is 2.29. The minimum absolute atomic E-state index is 0. The number of benzene rings is 1. The molecule has 1 N–H and O–H groups in total. The lowest BCUT2D eigenvalue weighted by Gasteiger charge is -2.21. The zero-order valence-electron chi connectivity index (χ0n) is 16.3. The Morgan fingerprint density at radius 3 is 2.79 bits per heavy atom. The van der Waals surface area contributed by atoms with Crippen molar-refractivity contribution in [3.05, 3.63) is 35.4 Å². The molecule has 1 aliphatic heterocycles. The number of ether oxygens (including phenoxy) is 2. The van der Waals surface area contributed by atoms with Crippen LogP contribution in [0.1, 0.15) is 24.5 Å². The minimum atomic E-state index is -4.34. The van der Waals surface area contributed by atoms with Gasteiger partial charge in [-0.1, -0.05) is 12.1 Å². The van der Waals surface area contributed by atoms with E-state index in [1.807, 2.05) is 6.92 Å². The number of nitrogens with one attached hydrogen (secondary N) is 1. The van der Waals surface area contributed by atoms with E-state index >= 15 is 0 Å². The van der Waals surface area contributed by atoms with Crippen molar-refractivity contribution in [2.75, 3.05) is 46.6 Å². The van der Waals surface area contributed by atoms with Gasteiger partial charge in [0.25, 0.3) is 0 Å². The molecule has 28 heavy (non-hydrogen) atoms. The second-order valence-corrected chi connectivity index (χ2v) is 6.54. The molecule has 1 aromatic carbocycles. The molecule has 160 valence electrons. The second kappa shape index (κ2) is 12.5. The quantitative estimate of drug-likeness (QED) is 0.248. The van der Waals surface area contributed by atoms with Crippen molar-refractivity contribution >= 4 is 29.9 Å². The number of hydrogen-bond acceptors (Lipinski definition) is 3. The summed E-state index contributed by atoms with van der Waals surface area (Å²) in [5, 5.41) is 3.23. The molecule has 0 radical (unpaired) electrons. The molecule has 1 atom stereocenters. The number of guanidine groups is 1. The zero-order valence-corrected chi connectivity index (χ0v) is 18.6. The third-order valence-electron chi connectivity index (χ3n) is 4.37. The van der Waals surface area contributed by atoms with E-state index in [2.05, 4.69) is 15.2 Å². The largest absolute Gasteiger partial charge is 0.416 e. The normalized spacial score (nSPS) is 17.5. The Morgan fingerprint density at radius 1 is 1.32 bits per heavy atom. The minimum Gasteiger partial charge on any atom is -0.382 e. The van der Waals surface area contributed by atoms with Gasteiger partial charge in [-0.2, -0.15) is 13.2 Å². The number of likely N-dealkylation sites (tertiary alicyclic amines) is 1. The summed E-state index contributed by atoms with van der Waals surface area (Å²) in [5.41, 5.74) is -0.103. The molecule has 9 heteroatoms. The van der Waals surface area contributed by atoms with E-state index in [0.29, 0.717) is 37.8 Å². The van der Waals surface area contributed by atoms with Crippen LogP contribution in [-0.4, -0.2) is 57.4 Å². The molecule has 1 fully saturated rings. The summed E-state index contributed by atoms with van der Waals surface area (Å²) in [6.45, 7) is 6.39. The molecule has 1 unspecified atom stereocenters. The molecule has 1 saturated heterocycles. The maximum atomic E-state index is 12.9. The van der Waals surface area contributed by atoms with E-state index in [4.69, 9.17) is 9.47 Å². The van der Waals surface area contributed by atoms with Crippen LogP contribution in [0.2, 0.25) is 0 Å². The Bertz CT molecular complexity index is 614. The maximum absolute atomic E-state index is 12.9. The number of alkyl halides is 3. The van der Waals surface area contributed by atoms with Crippen LogP contribution < -0.4 is 5.32 Å². The Labute approximate surface area is 181 Å². The molecule has 1 aromatic rings. The van der Waals surface area contributed by atoms with Gasteiger partial charge in [0.2, 0.25) is 0 Å². The van der Waals surface area contributed by atoms with Crippen molar-refractivity contribution in [1.82, 2.24) is 10.2 Å². The average molecular weight is 515 g/mol. The van der Waals surface area contributed by atoms with Crippen LogP contribution in [0, 0.1) is 5.92 Å². The van der Waals surface area contributed by atoms with Crippen LogP contribution in [0.4, 0.5) is 13.2 Å². The molecule has 0 spiro atoms. The van der Waals surface area contributed by atoms with E-state index in [9.17, 15) is 13.2 Å². The molecular formula is C19H29F3IN3O2. The summed E-state index contributed by atoms with van der Waals surface area (Å²) in [6, 6.07) is 5.32. The third kappa shape index (κ3) is 8.12. The van der Waals surface area contributed by atoms with E-state index < -0.39 is 11.7 Å². The second-order valence-electron chi connectivity index (χ2n) is 6.54. The first-order valence-electron chi connectivity index (χ1n) is 9.20. The van der Waals surface area contributed by atoms with Gasteiger partial charge in [0.15, 0.2) is 5.96 Å². The predicted molar refractivity (Wildman–Crippen MR) is 114 cm³/mol. The topological polar surface area (TPSA) is 46.1 Å². The maximum Gasteiger partial charge on any atom is 0.416 e. The third-order valence-corrected chi connectivity index (χ3v) is 4.37. The highest BCUT2D eigenvalue weighted by Gasteiger charge is 2.30. The Hall–Kier alpha value is -1.07. The number of halogens is 4. The Morgan fingerprint density at radius 2 is 2.11 bits per heavy atom. The fraction of sp³-hybridized carbons (Fsp3) is 0.632. The molecule has 0 aliphatic carbocycles. The van der Waals surface area contributed by atoms with E-state index in [1.165, 1.54) is 6.07 Å². The summed E-state index contributed by atoms with van der Waals surface area (Å²) in [4.78, 5) is 6.68. The molecule has 1 heterocycles. The summed E-state index contributed by atoms with van der Waals surface area (Å²) in [5.74, 6) is 1.15. The van der Waals surface area contributed by atoms with Gasteiger partial charge in [0.05, 0.1) is 31.9 Å². The summed E-state index contributed by atoms with van der Waals surface area (Å²) >= 11 is 0. The first-order valence-corrected chi connectivity index (χ1v) is 9.20. The molecule has 5 nitrogen and oxygen atoms in total. The number of aliphatic imine (C=N–C) groups is 1. The van der Waals surface area contributed by atoms with E-state index in [1.54, 1.807) is 13.2 Å². The van der Waals surface area contributed by atoms with Crippen LogP contribution in [-0.2, 0) is 22.2 Å². The Balaban J connectivity index is 0.00000392. The van der Waals surface area contributed by atoms with Crippen molar-refractivity contribution in [3.8, 4) is 0 Å². The van der Waals surface area contributed by atoms with Crippen LogP contribution in [0.3, 0.4) is 0 Å². The molecule has 0 amide bonds. The first-order chi connectivity index (χ1) is 12.9. The van der Waals surface area contributed by atoms with Crippen molar-refractivity contribution in [2.24, 2.45) is 10.9 Å². The number of hydrogen-bond donors (Lipinski definition) is 1. The lowest BCUT2D eigenvalue weighted by atomic mass is 10.1. The van der Waals surface area contributed by atoms with Crippen molar-refractivity contribution in [1.29, 1.82) is 0 Å². The van der Waals surface area contributed by atoms with Crippen molar-refractivity contribution in [3.63, 3.8) is 0 Å². The summed E-state index contributed by atoms with van der Waals surface area (Å²) < 4.78 is 49.1. The highest BCUT2D eigenvalue weighted by atomic mass is 127. The van der Waals surface area contributed by atoms with Gasteiger partial charge in [-0.15, -0.1) is 24.0 Å². The predicted octanol–water partition coefficient (Wildman–Crippen LogP) is 3.77. The zero-order chi connectivity index (χ0) is 19.7.